The van der Waals surface area contributed by atoms with Crippen LogP contribution in [0.3, 0.4) is 0 Å². The monoisotopic (exact) mass is 431 g/mol. The molecule has 1 atom stereocenters. The van der Waals surface area contributed by atoms with Gasteiger partial charge in [0, 0.05) is 18.1 Å². The molecule has 9 nitrogen and oxygen atoms in total. The van der Waals surface area contributed by atoms with E-state index in [0.29, 0.717) is 30.3 Å². The third kappa shape index (κ3) is 3.45. The lowest BCUT2D eigenvalue weighted by molar-refractivity contribution is -0.148. The summed E-state index contributed by atoms with van der Waals surface area (Å²) in [4.78, 5) is 28.0. The Balaban J connectivity index is 1.51. The molecule has 10 heteroatoms. The average Bonchev–Trinajstić information content (AvgIpc) is 3.38. The molecule has 2 aromatic rings. The Morgan fingerprint density at radius 1 is 1.37 bits per heavy atom. The number of hydrogen-bond acceptors (Lipinski definition) is 6. The van der Waals surface area contributed by atoms with Crippen molar-refractivity contribution in [1.82, 2.24) is 30.4 Å². The van der Waals surface area contributed by atoms with E-state index in [9.17, 15) is 9.59 Å². The van der Waals surface area contributed by atoms with E-state index in [1.165, 1.54) is 11.0 Å². The van der Waals surface area contributed by atoms with Gasteiger partial charge in [-0.25, -0.2) is 4.68 Å². The predicted molar refractivity (Wildman–Crippen MR) is 111 cm³/mol. The van der Waals surface area contributed by atoms with Crippen molar-refractivity contribution in [3.63, 3.8) is 0 Å². The van der Waals surface area contributed by atoms with Crippen molar-refractivity contribution in [3.05, 3.63) is 35.1 Å². The van der Waals surface area contributed by atoms with Gasteiger partial charge in [0.25, 0.3) is 0 Å². The Labute approximate surface area is 179 Å². The van der Waals surface area contributed by atoms with Crippen molar-refractivity contribution in [1.29, 1.82) is 0 Å². The lowest BCUT2D eigenvalue weighted by Gasteiger charge is -2.42. The molecule has 0 radical (unpaired) electrons. The van der Waals surface area contributed by atoms with Crippen LogP contribution in [0.25, 0.3) is 5.69 Å². The summed E-state index contributed by atoms with van der Waals surface area (Å²) in [6.45, 7) is 6.63. The summed E-state index contributed by atoms with van der Waals surface area (Å²) in [6, 6.07) is 4.66. The first kappa shape index (κ1) is 20.7. The molecule has 2 aliphatic heterocycles. The molecule has 3 N–H and O–H groups in total. The molecule has 1 aliphatic carbocycles. The maximum Gasteiger partial charge on any atom is 0.246 e. The van der Waals surface area contributed by atoms with Crippen LogP contribution >= 0.6 is 11.6 Å². The maximum atomic E-state index is 13.2. The third-order valence-electron chi connectivity index (χ3n) is 6.17. The van der Waals surface area contributed by atoms with E-state index in [1.807, 2.05) is 20.8 Å². The standard InChI is InChI=1S/C20H26ClN7O2/c1-19(2,3)16(22)17(29)27-10-12-7-20(27,8-12)18(30)23-9-13-6-14(21)4-5-15(13)28-11-24-25-26-28/h4-6,11-12,16H,7-10,22H2,1-3H3,(H,23,30)/t12?,16-,20?/m0/s1. The van der Waals surface area contributed by atoms with Crippen LogP contribution in [0.15, 0.2) is 24.5 Å². The first-order valence-corrected chi connectivity index (χ1v) is 10.4. The SMILES string of the molecule is CC(C)(C)[C@@H](N)C(=O)N1CC2CC1(C(=O)NCc1cc(Cl)ccc1-n1cnnn1)C2. The van der Waals surface area contributed by atoms with Gasteiger partial charge in [0.05, 0.1) is 11.7 Å². The van der Waals surface area contributed by atoms with E-state index in [2.05, 4.69) is 20.8 Å². The Hall–Kier alpha value is -2.52. The van der Waals surface area contributed by atoms with Crippen LogP contribution in [0.5, 0.6) is 0 Å². The second kappa shape index (κ2) is 7.31. The number of nitrogens with zero attached hydrogens (tertiary/aromatic N) is 5. The van der Waals surface area contributed by atoms with E-state index < -0.39 is 11.6 Å². The topological polar surface area (TPSA) is 119 Å². The molecule has 1 aromatic carbocycles. The van der Waals surface area contributed by atoms with Crippen molar-refractivity contribution < 1.29 is 9.59 Å². The first-order valence-electron chi connectivity index (χ1n) is 9.99. The highest BCUT2D eigenvalue weighted by Gasteiger charge is 2.63. The van der Waals surface area contributed by atoms with E-state index >= 15 is 0 Å². The number of aromatic nitrogens is 4. The van der Waals surface area contributed by atoms with Crippen molar-refractivity contribution in [2.75, 3.05) is 6.54 Å². The molecule has 3 aliphatic rings. The number of halogens is 1. The van der Waals surface area contributed by atoms with Gasteiger partial charge in [-0.3, -0.25) is 9.59 Å². The molecule has 1 aromatic heterocycles. The number of carbonyl (C=O) groups is 2. The number of benzene rings is 1. The average molecular weight is 432 g/mol. The van der Waals surface area contributed by atoms with Crippen molar-refractivity contribution in [2.45, 2.75) is 51.7 Å². The third-order valence-corrected chi connectivity index (χ3v) is 6.41. The lowest BCUT2D eigenvalue weighted by Crippen LogP contribution is -2.62. The Kier molecular flexibility index (Phi) is 5.06. The number of rotatable bonds is 5. The van der Waals surface area contributed by atoms with Crippen LogP contribution < -0.4 is 11.1 Å². The molecule has 30 heavy (non-hydrogen) atoms. The zero-order valence-electron chi connectivity index (χ0n) is 17.3. The number of hydrogen-bond donors (Lipinski definition) is 2. The molecular formula is C20H26ClN7O2. The quantitative estimate of drug-likeness (QED) is 0.736. The summed E-state index contributed by atoms with van der Waals surface area (Å²) < 4.78 is 1.52. The molecule has 3 heterocycles. The highest BCUT2D eigenvalue weighted by molar-refractivity contribution is 6.30. The van der Waals surface area contributed by atoms with Crippen LogP contribution in [-0.4, -0.2) is 55.0 Å². The van der Waals surface area contributed by atoms with Gasteiger partial charge in [-0.1, -0.05) is 32.4 Å². The fraction of sp³-hybridized carbons (Fsp3) is 0.550. The van der Waals surface area contributed by atoms with Crippen LogP contribution in [0.4, 0.5) is 0 Å². The van der Waals surface area contributed by atoms with E-state index in [4.69, 9.17) is 17.3 Å². The highest BCUT2D eigenvalue weighted by atomic mass is 35.5. The minimum absolute atomic E-state index is 0.158. The van der Waals surface area contributed by atoms with Gasteiger partial charge in [0.1, 0.15) is 11.9 Å². The van der Waals surface area contributed by atoms with Crippen LogP contribution in [0.1, 0.15) is 39.2 Å². The molecule has 1 saturated carbocycles. The van der Waals surface area contributed by atoms with Crippen molar-refractivity contribution >= 4 is 23.4 Å². The minimum atomic E-state index is -0.807. The molecule has 0 unspecified atom stereocenters. The second-order valence-electron chi connectivity index (χ2n) is 9.31. The summed E-state index contributed by atoms with van der Waals surface area (Å²) in [5, 5.41) is 14.8. The number of tetrazole rings is 1. The second-order valence-corrected chi connectivity index (χ2v) is 9.74. The van der Waals surface area contributed by atoms with Crippen LogP contribution in [-0.2, 0) is 16.1 Å². The number of amides is 2. The number of fused-ring (bicyclic) bond motifs is 1. The van der Waals surface area contributed by atoms with Gasteiger partial charge in [0.15, 0.2) is 0 Å². The largest absolute Gasteiger partial charge is 0.350 e. The van der Waals surface area contributed by atoms with Gasteiger partial charge in [-0.2, -0.15) is 0 Å². The zero-order chi connectivity index (χ0) is 21.7. The number of nitrogens with one attached hydrogen (secondary N) is 1. The predicted octanol–water partition coefficient (Wildman–Crippen LogP) is 1.30. The Morgan fingerprint density at radius 3 is 2.73 bits per heavy atom. The van der Waals surface area contributed by atoms with Crippen LogP contribution in [0.2, 0.25) is 5.02 Å². The smallest absolute Gasteiger partial charge is 0.246 e. The summed E-state index contributed by atoms with van der Waals surface area (Å²) >= 11 is 6.16. The normalized spacial score (nSPS) is 23.8. The molecule has 0 spiro atoms. The van der Waals surface area contributed by atoms with Gasteiger partial charge >= 0.3 is 0 Å². The molecule has 2 saturated heterocycles. The molecule has 3 fully saturated rings. The highest BCUT2D eigenvalue weighted by Crippen LogP contribution is 2.51. The fourth-order valence-corrected chi connectivity index (χ4v) is 4.55. The lowest BCUT2D eigenvalue weighted by atomic mass is 9.72. The first-order chi connectivity index (χ1) is 14.1. The van der Waals surface area contributed by atoms with Gasteiger partial charge < -0.3 is 16.0 Å². The molecule has 2 amide bonds. The van der Waals surface area contributed by atoms with Crippen LogP contribution in [0, 0.1) is 11.3 Å². The van der Waals surface area contributed by atoms with E-state index in [1.54, 1.807) is 23.1 Å². The molecule has 160 valence electrons. The fourth-order valence-electron chi connectivity index (χ4n) is 4.36. The van der Waals surface area contributed by atoms with E-state index in [0.717, 1.165) is 11.3 Å². The maximum absolute atomic E-state index is 13.2. The summed E-state index contributed by atoms with van der Waals surface area (Å²) in [7, 11) is 0. The van der Waals surface area contributed by atoms with Crippen molar-refractivity contribution in [3.8, 4) is 5.69 Å². The molecule has 5 rings (SSSR count). The zero-order valence-corrected chi connectivity index (χ0v) is 18.1. The van der Waals surface area contributed by atoms with E-state index in [-0.39, 0.29) is 23.8 Å². The Bertz CT molecular complexity index is 964. The molecular weight excluding hydrogens is 406 g/mol. The number of nitrogens with two attached hydrogens (primary N) is 1. The van der Waals surface area contributed by atoms with Crippen molar-refractivity contribution in [2.24, 2.45) is 17.1 Å². The van der Waals surface area contributed by atoms with Gasteiger partial charge in [0.2, 0.25) is 11.8 Å². The summed E-state index contributed by atoms with van der Waals surface area (Å²) in [6.07, 6.45) is 2.84. The minimum Gasteiger partial charge on any atom is -0.350 e. The Morgan fingerprint density at radius 2 is 2.10 bits per heavy atom. The van der Waals surface area contributed by atoms with Gasteiger partial charge in [-0.15, -0.1) is 5.10 Å². The number of carbonyl (C=O) groups excluding carboxylic acids is 2. The molecule has 2 bridgehead atoms. The van der Waals surface area contributed by atoms with Gasteiger partial charge in [-0.05, 0) is 58.4 Å². The summed E-state index contributed by atoms with van der Waals surface area (Å²) in [5.41, 5.74) is 6.53. The summed E-state index contributed by atoms with van der Waals surface area (Å²) in [5.74, 6) is 0.0398.